The quantitative estimate of drug-likeness (QED) is 0.237. The molecular weight excluding hydrogens is 565 g/mol. The van der Waals surface area contributed by atoms with E-state index in [-0.39, 0.29) is 12.3 Å². The lowest BCUT2D eigenvalue weighted by molar-refractivity contribution is -0.274. The Hall–Kier alpha value is -4.71. The second-order valence-electron chi connectivity index (χ2n) is 9.76. The summed E-state index contributed by atoms with van der Waals surface area (Å²) in [6.45, 7) is 8.45. The number of carbonyl (C=O) groups excluding carboxylic acids is 1. The zero-order valence-electron chi connectivity index (χ0n) is 23.2. The maximum atomic E-state index is 12.7. The van der Waals surface area contributed by atoms with Crippen molar-refractivity contribution in [2.24, 2.45) is 4.99 Å². The van der Waals surface area contributed by atoms with E-state index in [1.54, 1.807) is 0 Å². The minimum atomic E-state index is -4.75. The van der Waals surface area contributed by atoms with E-state index in [1.807, 2.05) is 41.1 Å². The second-order valence-corrected chi connectivity index (χ2v) is 10.6. The van der Waals surface area contributed by atoms with Crippen molar-refractivity contribution in [3.63, 3.8) is 0 Å². The SMILES string of the molecule is Cc1cc(C)c(-n2c(C)cs/c2=N\C(=O)NCc2ccc(-c3ncn(-c4ccc(OC(F)(F)F)cc4)n3)cc2)c(C)c1. The lowest BCUT2D eigenvalue weighted by atomic mass is 10.0. The molecule has 0 atom stereocenters. The van der Waals surface area contributed by atoms with E-state index in [1.165, 1.54) is 52.2 Å². The molecule has 0 bridgehead atoms. The van der Waals surface area contributed by atoms with Gasteiger partial charge in [-0.25, -0.2) is 14.5 Å². The second kappa shape index (κ2) is 11.6. The number of benzene rings is 3. The largest absolute Gasteiger partial charge is 0.573 e. The molecule has 8 nitrogen and oxygen atoms in total. The number of aryl methyl sites for hydroxylation is 4. The number of thiazole rings is 1. The molecule has 5 aromatic rings. The first-order chi connectivity index (χ1) is 20.0. The van der Waals surface area contributed by atoms with Gasteiger partial charge < -0.3 is 10.1 Å². The number of rotatable bonds is 6. The fraction of sp³-hybridized carbons (Fsp3) is 0.200. The average molecular weight is 593 g/mol. The Labute approximate surface area is 243 Å². The Kier molecular flexibility index (Phi) is 7.99. The normalized spacial score (nSPS) is 12.0. The van der Waals surface area contributed by atoms with Crippen LogP contribution >= 0.6 is 11.3 Å². The number of ether oxygens (including phenoxy) is 1. The van der Waals surface area contributed by atoms with Gasteiger partial charge in [0.1, 0.15) is 12.1 Å². The third-order valence-corrected chi connectivity index (χ3v) is 7.36. The molecule has 42 heavy (non-hydrogen) atoms. The Morgan fingerprint density at radius 2 is 1.67 bits per heavy atom. The molecule has 5 rings (SSSR count). The highest BCUT2D eigenvalue weighted by Crippen LogP contribution is 2.25. The lowest BCUT2D eigenvalue weighted by Crippen LogP contribution is -2.24. The monoisotopic (exact) mass is 592 g/mol. The Morgan fingerprint density at radius 3 is 2.31 bits per heavy atom. The molecule has 2 amide bonds. The van der Waals surface area contributed by atoms with E-state index in [4.69, 9.17) is 0 Å². The zero-order valence-corrected chi connectivity index (χ0v) is 24.0. The van der Waals surface area contributed by atoms with Crippen molar-refractivity contribution in [3.05, 3.63) is 105 Å². The predicted octanol–water partition coefficient (Wildman–Crippen LogP) is 6.73. The Balaban J connectivity index is 1.25. The molecule has 216 valence electrons. The van der Waals surface area contributed by atoms with Gasteiger partial charge in [0.15, 0.2) is 10.6 Å². The number of urea groups is 1. The number of carbonyl (C=O) groups is 1. The molecular formula is C30H27F3N6O2S. The number of nitrogens with one attached hydrogen (secondary N) is 1. The van der Waals surface area contributed by atoms with Gasteiger partial charge in [0, 0.05) is 23.2 Å². The van der Waals surface area contributed by atoms with E-state index in [9.17, 15) is 18.0 Å². The predicted molar refractivity (Wildman–Crippen MR) is 154 cm³/mol. The molecule has 0 spiro atoms. The number of hydrogen-bond donors (Lipinski definition) is 1. The van der Waals surface area contributed by atoms with Crippen LogP contribution in [0.2, 0.25) is 0 Å². The molecule has 0 radical (unpaired) electrons. The van der Waals surface area contributed by atoms with Gasteiger partial charge in [-0.3, -0.25) is 4.57 Å². The van der Waals surface area contributed by atoms with Crippen LogP contribution in [-0.4, -0.2) is 31.7 Å². The summed E-state index contributed by atoms with van der Waals surface area (Å²) in [5, 5.41) is 9.25. The van der Waals surface area contributed by atoms with Gasteiger partial charge >= 0.3 is 12.4 Å². The van der Waals surface area contributed by atoms with Crippen LogP contribution in [-0.2, 0) is 6.54 Å². The summed E-state index contributed by atoms with van der Waals surface area (Å²) in [5.74, 6) is 0.124. The van der Waals surface area contributed by atoms with Crippen LogP contribution in [0.1, 0.15) is 27.9 Å². The molecule has 0 aliphatic carbocycles. The molecule has 2 heterocycles. The van der Waals surface area contributed by atoms with Crippen LogP contribution in [0.25, 0.3) is 22.8 Å². The first-order valence-corrected chi connectivity index (χ1v) is 13.8. The maximum absolute atomic E-state index is 12.7. The van der Waals surface area contributed by atoms with Gasteiger partial charge in [0.25, 0.3) is 0 Å². The summed E-state index contributed by atoms with van der Waals surface area (Å²) < 4.78 is 44.6. The maximum Gasteiger partial charge on any atom is 0.573 e. The zero-order chi connectivity index (χ0) is 30.0. The number of hydrogen-bond acceptors (Lipinski definition) is 5. The van der Waals surface area contributed by atoms with Crippen LogP contribution in [0, 0.1) is 27.7 Å². The van der Waals surface area contributed by atoms with Gasteiger partial charge in [0.05, 0.1) is 11.4 Å². The fourth-order valence-corrected chi connectivity index (χ4v) is 5.52. The molecule has 0 fully saturated rings. The molecule has 0 unspecified atom stereocenters. The molecule has 0 aliphatic heterocycles. The molecule has 12 heteroatoms. The van der Waals surface area contributed by atoms with Crippen LogP contribution < -0.4 is 14.9 Å². The number of halogens is 3. The van der Waals surface area contributed by atoms with Crippen LogP contribution in [0.15, 0.2) is 77.4 Å². The first-order valence-electron chi connectivity index (χ1n) is 12.9. The van der Waals surface area contributed by atoms with E-state index < -0.39 is 12.4 Å². The van der Waals surface area contributed by atoms with Crippen LogP contribution in [0.5, 0.6) is 5.75 Å². The topological polar surface area (TPSA) is 86.3 Å². The first kappa shape index (κ1) is 28.8. The van der Waals surface area contributed by atoms with Crippen molar-refractivity contribution < 1.29 is 22.7 Å². The van der Waals surface area contributed by atoms with E-state index in [0.29, 0.717) is 16.3 Å². The van der Waals surface area contributed by atoms with Gasteiger partial charge in [0.2, 0.25) is 0 Å². The lowest BCUT2D eigenvalue weighted by Gasteiger charge is -2.14. The summed E-state index contributed by atoms with van der Waals surface area (Å²) in [6.07, 6.45) is -3.28. The summed E-state index contributed by atoms with van der Waals surface area (Å²) in [7, 11) is 0. The van der Waals surface area contributed by atoms with E-state index >= 15 is 0 Å². The fourth-order valence-electron chi connectivity index (χ4n) is 4.66. The minimum Gasteiger partial charge on any atom is -0.406 e. The average Bonchev–Trinajstić information content (AvgIpc) is 3.55. The molecule has 1 N–H and O–H groups in total. The highest BCUT2D eigenvalue weighted by atomic mass is 32.1. The van der Waals surface area contributed by atoms with Gasteiger partial charge in [-0.15, -0.1) is 29.6 Å². The third kappa shape index (κ3) is 6.60. The van der Waals surface area contributed by atoms with Crippen molar-refractivity contribution >= 4 is 17.4 Å². The number of amides is 2. The molecule has 0 saturated carbocycles. The minimum absolute atomic E-state index is 0.282. The van der Waals surface area contributed by atoms with Crippen molar-refractivity contribution in [2.45, 2.75) is 40.6 Å². The van der Waals surface area contributed by atoms with Gasteiger partial charge in [-0.05, 0) is 68.7 Å². The van der Waals surface area contributed by atoms with Crippen molar-refractivity contribution in [1.82, 2.24) is 24.6 Å². The Bertz CT molecular complexity index is 1780. The van der Waals surface area contributed by atoms with E-state index in [0.717, 1.165) is 33.6 Å². The Morgan fingerprint density at radius 1 is 1.00 bits per heavy atom. The number of nitrogens with zero attached hydrogens (tertiary/aromatic N) is 5. The van der Waals surface area contributed by atoms with Gasteiger partial charge in [-0.2, -0.15) is 4.99 Å². The molecule has 0 saturated heterocycles. The molecule has 0 aliphatic rings. The van der Waals surface area contributed by atoms with Crippen molar-refractivity contribution in [1.29, 1.82) is 0 Å². The van der Waals surface area contributed by atoms with Crippen molar-refractivity contribution in [2.75, 3.05) is 0 Å². The van der Waals surface area contributed by atoms with Crippen molar-refractivity contribution in [3.8, 4) is 28.5 Å². The molecule has 2 aromatic heterocycles. The number of aromatic nitrogens is 4. The molecule has 3 aromatic carbocycles. The van der Waals surface area contributed by atoms with E-state index in [2.05, 4.69) is 58.0 Å². The third-order valence-electron chi connectivity index (χ3n) is 6.42. The summed E-state index contributed by atoms with van der Waals surface area (Å²) in [4.78, 5) is 22.0. The van der Waals surface area contributed by atoms with Crippen LogP contribution in [0.4, 0.5) is 18.0 Å². The summed E-state index contributed by atoms with van der Waals surface area (Å²) in [6, 6.07) is 16.5. The number of alkyl halides is 3. The highest BCUT2D eigenvalue weighted by Gasteiger charge is 2.31. The smallest absolute Gasteiger partial charge is 0.406 e. The van der Waals surface area contributed by atoms with Crippen LogP contribution in [0.3, 0.4) is 0 Å². The standard InChI is InChI=1S/C30H27F3N6O2S/c1-18-13-19(2)26(20(3)14-18)39-21(4)16-42-29(39)36-28(40)34-15-22-5-7-23(8-6-22)27-35-17-38(37-27)24-9-11-25(12-10-24)41-30(31,32)33/h5-14,16-17H,15H2,1-4H3,(H,34,40)/b36-29-. The summed E-state index contributed by atoms with van der Waals surface area (Å²) in [5.41, 5.74) is 7.58. The highest BCUT2D eigenvalue weighted by molar-refractivity contribution is 7.07. The van der Waals surface area contributed by atoms with Gasteiger partial charge in [-0.1, -0.05) is 42.0 Å². The summed E-state index contributed by atoms with van der Waals surface area (Å²) >= 11 is 1.41.